The molecule has 1 unspecified atom stereocenters. The summed E-state index contributed by atoms with van der Waals surface area (Å²) < 4.78 is 5.22. The second-order valence-electron chi connectivity index (χ2n) is 5.04. The SMILES string of the molecule is C#CCCCC#CC(CCCC#Cc1ccccc1)OC(C)=O. The first-order chi connectivity index (χ1) is 11.2. The van der Waals surface area contributed by atoms with Crippen molar-refractivity contribution in [3.05, 3.63) is 35.9 Å². The van der Waals surface area contributed by atoms with Gasteiger partial charge in [-0.25, -0.2) is 0 Å². The number of hydrogen-bond acceptors (Lipinski definition) is 2. The molecule has 2 nitrogen and oxygen atoms in total. The fourth-order valence-electron chi connectivity index (χ4n) is 1.89. The number of carbonyl (C=O) groups is 1. The second kappa shape index (κ2) is 12.0. The lowest BCUT2D eigenvalue weighted by atomic mass is 10.1. The molecule has 1 aromatic carbocycles. The van der Waals surface area contributed by atoms with E-state index in [1.165, 1.54) is 6.92 Å². The average molecular weight is 306 g/mol. The summed E-state index contributed by atoms with van der Waals surface area (Å²) in [4.78, 5) is 11.1. The molecule has 23 heavy (non-hydrogen) atoms. The molecule has 0 bridgehead atoms. The highest BCUT2D eigenvalue weighted by molar-refractivity contribution is 5.66. The molecular weight excluding hydrogens is 284 g/mol. The molecule has 1 rings (SSSR count). The van der Waals surface area contributed by atoms with Crippen molar-refractivity contribution in [3.63, 3.8) is 0 Å². The van der Waals surface area contributed by atoms with E-state index in [9.17, 15) is 4.79 Å². The van der Waals surface area contributed by atoms with Crippen LogP contribution in [-0.4, -0.2) is 12.1 Å². The lowest BCUT2D eigenvalue weighted by Gasteiger charge is -2.09. The van der Waals surface area contributed by atoms with Gasteiger partial charge in [0.2, 0.25) is 0 Å². The van der Waals surface area contributed by atoms with E-state index in [4.69, 9.17) is 11.2 Å². The summed E-state index contributed by atoms with van der Waals surface area (Å²) in [5, 5.41) is 0. The molecule has 0 radical (unpaired) electrons. The molecule has 0 spiro atoms. The molecule has 0 amide bonds. The van der Waals surface area contributed by atoms with Crippen molar-refractivity contribution >= 4 is 5.97 Å². The highest BCUT2D eigenvalue weighted by Gasteiger charge is 2.07. The van der Waals surface area contributed by atoms with Gasteiger partial charge >= 0.3 is 5.97 Å². The Labute approximate surface area is 139 Å². The normalized spacial score (nSPS) is 10.3. The molecule has 0 saturated heterocycles. The third-order valence-corrected chi connectivity index (χ3v) is 2.97. The third kappa shape index (κ3) is 9.84. The van der Waals surface area contributed by atoms with Gasteiger partial charge in [0.15, 0.2) is 6.10 Å². The molecule has 0 heterocycles. The van der Waals surface area contributed by atoms with Crippen LogP contribution in [0.3, 0.4) is 0 Å². The Morgan fingerprint density at radius 1 is 1.13 bits per heavy atom. The van der Waals surface area contributed by atoms with Gasteiger partial charge in [-0.2, -0.15) is 0 Å². The van der Waals surface area contributed by atoms with E-state index in [0.29, 0.717) is 6.42 Å². The number of terminal acetylenes is 1. The van der Waals surface area contributed by atoms with Crippen LogP contribution in [0.25, 0.3) is 0 Å². The fourth-order valence-corrected chi connectivity index (χ4v) is 1.89. The first kappa shape index (κ1) is 18.4. The number of hydrogen-bond donors (Lipinski definition) is 0. The van der Waals surface area contributed by atoms with Gasteiger partial charge in [-0.05, 0) is 31.4 Å². The Morgan fingerprint density at radius 2 is 1.87 bits per heavy atom. The molecule has 1 aromatic rings. The van der Waals surface area contributed by atoms with Gasteiger partial charge in [-0.15, -0.1) is 12.3 Å². The van der Waals surface area contributed by atoms with Gasteiger partial charge < -0.3 is 4.74 Å². The molecule has 0 aliphatic heterocycles. The molecule has 118 valence electrons. The standard InChI is InChI=1S/C21H22O2/c1-3-4-5-6-12-17-21(23-19(2)22)18-13-8-11-16-20-14-9-7-10-15-20/h1,7,9-10,14-15,21H,4-6,8,13,18H2,2H3. The smallest absolute Gasteiger partial charge is 0.303 e. The summed E-state index contributed by atoms with van der Waals surface area (Å²) in [6.07, 6.45) is 9.47. The summed E-state index contributed by atoms with van der Waals surface area (Å²) in [5.74, 6) is 14.6. The van der Waals surface area contributed by atoms with Crippen molar-refractivity contribution in [1.82, 2.24) is 0 Å². The lowest BCUT2D eigenvalue weighted by Crippen LogP contribution is -2.14. The Balaban J connectivity index is 2.37. The maximum atomic E-state index is 11.1. The molecular formula is C21H22O2. The van der Waals surface area contributed by atoms with E-state index in [1.54, 1.807) is 0 Å². The Morgan fingerprint density at radius 3 is 2.57 bits per heavy atom. The largest absolute Gasteiger partial charge is 0.449 e. The molecule has 1 atom stereocenters. The van der Waals surface area contributed by atoms with Crippen LogP contribution in [0, 0.1) is 36.0 Å². The summed E-state index contributed by atoms with van der Waals surface area (Å²) in [6, 6.07) is 9.87. The summed E-state index contributed by atoms with van der Waals surface area (Å²) in [6.45, 7) is 1.40. The zero-order valence-corrected chi connectivity index (χ0v) is 13.6. The zero-order valence-electron chi connectivity index (χ0n) is 13.6. The van der Waals surface area contributed by atoms with Gasteiger partial charge in [0.05, 0.1) is 0 Å². The topological polar surface area (TPSA) is 26.3 Å². The van der Waals surface area contributed by atoms with E-state index in [-0.39, 0.29) is 12.1 Å². The van der Waals surface area contributed by atoms with E-state index >= 15 is 0 Å². The van der Waals surface area contributed by atoms with Crippen LogP contribution in [0.4, 0.5) is 0 Å². The minimum absolute atomic E-state index is 0.303. The number of unbranched alkanes of at least 4 members (excludes halogenated alkanes) is 3. The van der Waals surface area contributed by atoms with Gasteiger partial charge in [-0.1, -0.05) is 41.9 Å². The van der Waals surface area contributed by atoms with Gasteiger partial charge in [0.1, 0.15) is 0 Å². The first-order valence-corrected chi connectivity index (χ1v) is 7.85. The molecule has 0 aliphatic carbocycles. The van der Waals surface area contributed by atoms with Crippen LogP contribution < -0.4 is 0 Å². The monoisotopic (exact) mass is 306 g/mol. The predicted octanol–water partition coefficient (Wildman–Crippen LogP) is 3.95. The van der Waals surface area contributed by atoms with Crippen LogP contribution in [-0.2, 0) is 9.53 Å². The minimum atomic E-state index is -0.350. The van der Waals surface area contributed by atoms with Crippen molar-refractivity contribution in [2.24, 2.45) is 0 Å². The first-order valence-electron chi connectivity index (χ1n) is 7.85. The van der Waals surface area contributed by atoms with Crippen molar-refractivity contribution in [1.29, 1.82) is 0 Å². The number of benzene rings is 1. The van der Waals surface area contributed by atoms with Gasteiger partial charge in [-0.3, -0.25) is 4.79 Å². The quantitative estimate of drug-likeness (QED) is 0.452. The summed E-state index contributed by atoms with van der Waals surface area (Å²) >= 11 is 0. The molecule has 0 aliphatic rings. The average Bonchev–Trinajstić information content (AvgIpc) is 2.54. The van der Waals surface area contributed by atoms with Crippen molar-refractivity contribution in [2.45, 2.75) is 51.6 Å². The van der Waals surface area contributed by atoms with Crippen LogP contribution >= 0.6 is 0 Å². The molecule has 0 aromatic heterocycles. The van der Waals surface area contributed by atoms with Crippen molar-refractivity contribution in [2.75, 3.05) is 0 Å². The van der Waals surface area contributed by atoms with Gasteiger partial charge in [0.25, 0.3) is 0 Å². The minimum Gasteiger partial charge on any atom is -0.449 e. The lowest BCUT2D eigenvalue weighted by molar-refractivity contribution is -0.143. The van der Waals surface area contributed by atoms with Gasteiger partial charge in [0, 0.05) is 31.7 Å². The molecule has 0 saturated carbocycles. The summed E-state index contributed by atoms with van der Waals surface area (Å²) in [7, 11) is 0. The van der Waals surface area contributed by atoms with Crippen LogP contribution in [0.1, 0.15) is 51.0 Å². The number of rotatable bonds is 6. The number of esters is 1. The van der Waals surface area contributed by atoms with Crippen LogP contribution in [0.15, 0.2) is 30.3 Å². The maximum Gasteiger partial charge on any atom is 0.303 e. The van der Waals surface area contributed by atoms with Crippen molar-refractivity contribution in [3.8, 4) is 36.0 Å². The Kier molecular flexibility index (Phi) is 9.58. The Bertz CT molecular complexity index is 630. The second-order valence-corrected chi connectivity index (χ2v) is 5.04. The molecule has 2 heteroatoms. The van der Waals surface area contributed by atoms with Crippen LogP contribution in [0.2, 0.25) is 0 Å². The zero-order chi connectivity index (χ0) is 16.8. The van der Waals surface area contributed by atoms with E-state index in [2.05, 4.69) is 29.6 Å². The Hall–Kier alpha value is -2.63. The highest BCUT2D eigenvalue weighted by atomic mass is 16.5. The molecule has 0 fully saturated rings. The maximum absolute atomic E-state index is 11.1. The number of ether oxygens (including phenoxy) is 1. The molecule has 0 N–H and O–H groups in total. The third-order valence-electron chi connectivity index (χ3n) is 2.97. The van der Waals surface area contributed by atoms with Crippen molar-refractivity contribution < 1.29 is 9.53 Å². The predicted molar refractivity (Wildman–Crippen MR) is 93.2 cm³/mol. The van der Waals surface area contributed by atoms with E-state index in [1.807, 2.05) is 30.3 Å². The highest BCUT2D eigenvalue weighted by Crippen LogP contribution is 2.05. The fraction of sp³-hybridized carbons (Fsp3) is 0.381. The van der Waals surface area contributed by atoms with E-state index in [0.717, 1.165) is 37.7 Å². The van der Waals surface area contributed by atoms with Crippen LogP contribution in [0.5, 0.6) is 0 Å². The number of carbonyl (C=O) groups excluding carboxylic acids is 1. The summed E-state index contributed by atoms with van der Waals surface area (Å²) in [5.41, 5.74) is 1.01. The van der Waals surface area contributed by atoms with E-state index < -0.39 is 0 Å².